The second-order valence-corrected chi connectivity index (χ2v) is 3.86. The number of carbonyl (C=O) groups excluding carboxylic acids is 1. The first-order chi connectivity index (χ1) is 7.63. The van der Waals surface area contributed by atoms with Gasteiger partial charge in [0.2, 0.25) is 5.91 Å². The molecule has 0 radical (unpaired) electrons. The van der Waals surface area contributed by atoms with Crippen LogP contribution < -0.4 is 11.1 Å². The number of nitrogens with one attached hydrogen (secondary N) is 1. The average Bonchev–Trinajstić information content (AvgIpc) is 2.27. The van der Waals surface area contributed by atoms with Gasteiger partial charge in [-0.25, -0.2) is 0 Å². The quantitative estimate of drug-likeness (QED) is 0.587. The second-order valence-electron chi connectivity index (χ2n) is 3.86. The third kappa shape index (κ3) is 3.77. The molecule has 0 saturated carbocycles. The standard InChI is InChI=1S/C13H18N2O/c1-3-8-15-13(16)9-10(2)11-4-6-12(14)7-5-11/h3-7,10H,1,8-9,14H2,2H3,(H,15,16). The molecule has 0 bridgehead atoms. The third-order valence-electron chi connectivity index (χ3n) is 2.44. The molecule has 0 aliphatic heterocycles. The molecule has 3 nitrogen and oxygen atoms in total. The average molecular weight is 218 g/mol. The summed E-state index contributed by atoms with van der Waals surface area (Å²) < 4.78 is 0. The number of benzene rings is 1. The van der Waals surface area contributed by atoms with Gasteiger partial charge in [0.25, 0.3) is 0 Å². The minimum absolute atomic E-state index is 0.0456. The molecule has 0 aromatic heterocycles. The molecule has 0 aliphatic rings. The molecule has 3 N–H and O–H groups in total. The highest BCUT2D eigenvalue weighted by Gasteiger charge is 2.10. The van der Waals surface area contributed by atoms with Crippen LogP contribution in [0.15, 0.2) is 36.9 Å². The maximum Gasteiger partial charge on any atom is 0.220 e. The number of rotatable bonds is 5. The molecule has 1 aromatic carbocycles. The number of nitrogen functional groups attached to an aromatic ring is 1. The Morgan fingerprint density at radius 3 is 2.69 bits per heavy atom. The van der Waals surface area contributed by atoms with Crippen LogP contribution in [-0.4, -0.2) is 12.5 Å². The Balaban J connectivity index is 2.51. The van der Waals surface area contributed by atoms with Gasteiger partial charge in [0.05, 0.1) is 0 Å². The molecule has 0 spiro atoms. The van der Waals surface area contributed by atoms with Crippen LogP contribution in [-0.2, 0) is 4.79 Å². The van der Waals surface area contributed by atoms with Crippen molar-refractivity contribution in [2.75, 3.05) is 12.3 Å². The van der Waals surface area contributed by atoms with Gasteiger partial charge in [0, 0.05) is 18.7 Å². The predicted octanol–water partition coefficient (Wildman–Crippen LogP) is 2.06. The largest absolute Gasteiger partial charge is 0.399 e. The molecule has 0 heterocycles. The van der Waals surface area contributed by atoms with Crippen molar-refractivity contribution in [3.8, 4) is 0 Å². The van der Waals surface area contributed by atoms with Crippen LogP contribution in [0.25, 0.3) is 0 Å². The van der Waals surface area contributed by atoms with Gasteiger partial charge in [0.1, 0.15) is 0 Å². The lowest BCUT2D eigenvalue weighted by atomic mass is 9.97. The highest BCUT2D eigenvalue weighted by molar-refractivity contribution is 5.76. The van der Waals surface area contributed by atoms with Crippen LogP contribution in [0.3, 0.4) is 0 Å². The summed E-state index contributed by atoms with van der Waals surface area (Å²) in [6, 6.07) is 7.63. The van der Waals surface area contributed by atoms with Crippen molar-refractivity contribution in [3.63, 3.8) is 0 Å². The van der Waals surface area contributed by atoms with Crippen LogP contribution in [0.4, 0.5) is 5.69 Å². The van der Waals surface area contributed by atoms with Crippen molar-refractivity contribution in [1.29, 1.82) is 0 Å². The highest BCUT2D eigenvalue weighted by atomic mass is 16.1. The topological polar surface area (TPSA) is 55.1 Å². The molecule has 1 unspecified atom stereocenters. The van der Waals surface area contributed by atoms with E-state index < -0.39 is 0 Å². The van der Waals surface area contributed by atoms with E-state index in [1.54, 1.807) is 6.08 Å². The summed E-state index contributed by atoms with van der Waals surface area (Å²) in [5, 5.41) is 2.76. The first kappa shape index (κ1) is 12.3. The van der Waals surface area contributed by atoms with Gasteiger partial charge >= 0.3 is 0 Å². The SMILES string of the molecule is C=CCNC(=O)CC(C)c1ccc(N)cc1. The van der Waals surface area contributed by atoms with Gasteiger partial charge in [-0.2, -0.15) is 0 Å². The smallest absolute Gasteiger partial charge is 0.220 e. The van der Waals surface area contributed by atoms with Crippen molar-refractivity contribution >= 4 is 11.6 Å². The number of amides is 1. The summed E-state index contributed by atoms with van der Waals surface area (Å²) in [6.45, 7) is 6.10. The first-order valence-electron chi connectivity index (χ1n) is 5.36. The summed E-state index contributed by atoms with van der Waals surface area (Å²) in [7, 11) is 0. The van der Waals surface area contributed by atoms with Gasteiger partial charge in [-0.3, -0.25) is 4.79 Å². The second kappa shape index (κ2) is 5.95. The zero-order valence-electron chi connectivity index (χ0n) is 9.57. The fraction of sp³-hybridized carbons (Fsp3) is 0.308. The Morgan fingerprint density at radius 2 is 2.12 bits per heavy atom. The maximum absolute atomic E-state index is 11.5. The van der Waals surface area contributed by atoms with E-state index in [4.69, 9.17) is 5.73 Å². The molecule has 1 amide bonds. The highest BCUT2D eigenvalue weighted by Crippen LogP contribution is 2.19. The minimum Gasteiger partial charge on any atom is -0.399 e. The minimum atomic E-state index is 0.0456. The number of anilines is 1. The van der Waals surface area contributed by atoms with E-state index in [1.807, 2.05) is 31.2 Å². The van der Waals surface area contributed by atoms with Crippen molar-refractivity contribution in [3.05, 3.63) is 42.5 Å². The zero-order valence-corrected chi connectivity index (χ0v) is 9.57. The third-order valence-corrected chi connectivity index (χ3v) is 2.44. The predicted molar refractivity (Wildman–Crippen MR) is 67.1 cm³/mol. The van der Waals surface area contributed by atoms with E-state index >= 15 is 0 Å². The Labute approximate surface area is 96.3 Å². The number of carbonyl (C=O) groups is 1. The first-order valence-corrected chi connectivity index (χ1v) is 5.36. The lowest BCUT2D eigenvalue weighted by Crippen LogP contribution is -2.24. The molecule has 1 atom stereocenters. The number of hydrogen-bond acceptors (Lipinski definition) is 2. The summed E-state index contributed by atoms with van der Waals surface area (Å²) in [6.07, 6.45) is 2.16. The van der Waals surface area contributed by atoms with Crippen LogP contribution in [0, 0.1) is 0 Å². The lowest BCUT2D eigenvalue weighted by Gasteiger charge is -2.11. The van der Waals surface area contributed by atoms with Gasteiger partial charge < -0.3 is 11.1 Å². The molecule has 16 heavy (non-hydrogen) atoms. The van der Waals surface area contributed by atoms with Gasteiger partial charge in [-0.15, -0.1) is 6.58 Å². The monoisotopic (exact) mass is 218 g/mol. The van der Waals surface area contributed by atoms with E-state index in [0.29, 0.717) is 13.0 Å². The van der Waals surface area contributed by atoms with Gasteiger partial charge in [-0.1, -0.05) is 25.1 Å². The Bertz CT molecular complexity index is 357. The normalized spacial score (nSPS) is 11.8. The van der Waals surface area contributed by atoms with E-state index in [-0.39, 0.29) is 11.8 Å². The maximum atomic E-state index is 11.5. The van der Waals surface area contributed by atoms with Gasteiger partial charge in [0.15, 0.2) is 0 Å². The van der Waals surface area contributed by atoms with Gasteiger partial charge in [-0.05, 0) is 23.6 Å². The van der Waals surface area contributed by atoms with E-state index in [9.17, 15) is 4.79 Å². The van der Waals surface area contributed by atoms with E-state index in [0.717, 1.165) is 11.3 Å². The summed E-state index contributed by atoms with van der Waals surface area (Å²) in [4.78, 5) is 11.5. The number of hydrogen-bond donors (Lipinski definition) is 2. The Hall–Kier alpha value is -1.77. The van der Waals surface area contributed by atoms with Crippen LogP contribution in [0.5, 0.6) is 0 Å². The molecular formula is C13H18N2O. The Kier molecular flexibility index (Phi) is 4.58. The zero-order chi connectivity index (χ0) is 12.0. The van der Waals surface area contributed by atoms with Crippen molar-refractivity contribution in [2.24, 2.45) is 0 Å². The summed E-state index contributed by atoms with van der Waals surface area (Å²) in [5.41, 5.74) is 7.47. The molecule has 0 fully saturated rings. The molecule has 0 aliphatic carbocycles. The number of nitrogens with two attached hydrogens (primary N) is 1. The molecule has 0 saturated heterocycles. The van der Waals surface area contributed by atoms with E-state index in [1.165, 1.54) is 0 Å². The van der Waals surface area contributed by atoms with Crippen molar-refractivity contribution in [1.82, 2.24) is 5.32 Å². The summed E-state index contributed by atoms with van der Waals surface area (Å²) >= 11 is 0. The molecule has 1 aromatic rings. The molecule has 3 heteroatoms. The lowest BCUT2D eigenvalue weighted by molar-refractivity contribution is -0.121. The molecule has 1 rings (SSSR count). The summed E-state index contributed by atoms with van der Waals surface area (Å²) in [5.74, 6) is 0.245. The fourth-order valence-corrected chi connectivity index (χ4v) is 1.48. The Morgan fingerprint density at radius 1 is 1.50 bits per heavy atom. The fourth-order valence-electron chi connectivity index (χ4n) is 1.48. The van der Waals surface area contributed by atoms with Crippen LogP contribution in [0.1, 0.15) is 24.8 Å². The molecular weight excluding hydrogens is 200 g/mol. The van der Waals surface area contributed by atoms with Crippen molar-refractivity contribution < 1.29 is 4.79 Å². The van der Waals surface area contributed by atoms with Crippen LogP contribution in [0.2, 0.25) is 0 Å². The van der Waals surface area contributed by atoms with Crippen LogP contribution >= 0.6 is 0 Å². The van der Waals surface area contributed by atoms with E-state index in [2.05, 4.69) is 11.9 Å². The molecule has 86 valence electrons. The van der Waals surface area contributed by atoms with Crippen molar-refractivity contribution in [2.45, 2.75) is 19.3 Å².